The molecule has 2 rings (SSSR count). The molecule has 2 aromatic rings. The van der Waals surface area contributed by atoms with Crippen molar-refractivity contribution in [2.45, 2.75) is 0 Å². The molecule has 1 aromatic heterocycles. The molecule has 1 aromatic carbocycles. The van der Waals surface area contributed by atoms with Crippen LogP contribution in [-0.4, -0.2) is 31.6 Å². The molecular formula is C12H13NO2S. The highest BCUT2D eigenvalue weighted by molar-refractivity contribution is 7.21. The minimum absolute atomic E-state index is 0.0823. The van der Waals surface area contributed by atoms with Gasteiger partial charge in [0.15, 0.2) is 6.29 Å². The summed E-state index contributed by atoms with van der Waals surface area (Å²) in [5, 5.41) is 10.0. The normalized spacial score (nSPS) is 10.6. The summed E-state index contributed by atoms with van der Waals surface area (Å²) in [5.74, 6) is 0. The Kier molecular flexibility index (Phi) is 3.22. The molecule has 1 N–H and O–H groups in total. The lowest BCUT2D eigenvalue weighted by atomic mass is 10.2. The van der Waals surface area contributed by atoms with E-state index in [1.54, 1.807) is 0 Å². The van der Waals surface area contributed by atoms with Crippen molar-refractivity contribution in [1.29, 1.82) is 0 Å². The molecule has 3 nitrogen and oxygen atoms in total. The Hall–Kier alpha value is -1.39. The fraction of sp³-hybridized carbons (Fsp3) is 0.250. The Morgan fingerprint density at radius 2 is 2.19 bits per heavy atom. The first kappa shape index (κ1) is 11.1. The zero-order valence-corrected chi connectivity index (χ0v) is 9.83. The summed E-state index contributed by atoms with van der Waals surface area (Å²) in [6.07, 6.45) is 0.883. The van der Waals surface area contributed by atoms with E-state index in [0.717, 1.165) is 26.9 Å². The third-order valence-electron chi connectivity index (χ3n) is 2.52. The summed E-state index contributed by atoms with van der Waals surface area (Å²) in [5.41, 5.74) is 0.921. The van der Waals surface area contributed by atoms with Crippen molar-refractivity contribution in [2.24, 2.45) is 0 Å². The van der Waals surface area contributed by atoms with Crippen molar-refractivity contribution < 1.29 is 9.90 Å². The molecule has 0 aliphatic carbocycles. The number of aliphatic hydroxyl groups excluding tert-OH is 1. The van der Waals surface area contributed by atoms with Crippen LogP contribution in [0.1, 0.15) is 9.67 Å². The van der Waals surface area contributed by atoms with Crippen LogP contribution in [0.5, 0.6) is 0 Å². The van der Waals surface area contributed by atoms with Crippen molar-refractivity contribution in [2.75, 3.05) is 25.1 Å². The highest BCUT2D eigenvalue weighted by Gasteiger charge is 2.14. The van der Waals surface area contributed by atoms with Crippen LogP contribution in [0, 0.1) is 0 Å². The number of hydrogen-bond donors (Lipinski definition) is 1. The number of thiophene rings is 1. The second kappa shape index (κ2) is 4.63. The smallest absolute Gasteiger partial charge is 0.162 e. The number of hydrogen-bond acceptors (Lipinski definition) is 4. The molecule has 16 heavy (non-hydrogen) atoms. The Labute approximate surface area is 97.9 Å². The average molecular weight is 235 g/mol. The number of carbonyl (C=O) groups excluding carboxylic acids is 1. The molecule has 0 saturated heterocycles. The number of fused-ring (bicyclic) bond motifs is 1. The van der Waals surface area contributed by atoms with E-state index in [2.05, 4.69) is 0 Å². The van der Waals surface area contributed by atoms with E-state index in [1.165, 1.54) is 11.3 Å². The summed E-state index contributed by atoms with van der Waals surface area (Å²) in [6.45, 7) is 0.612. The minimum Gasteiger partial charge on any atom is -0.395 e. The van der Waals surface area contributed by atoms with Crippen molar-refractivity contribution in [3.05, 3.63) is 29.1 Å². The first-order chi connectivity index (χ1) is 7.77. The topological polar surface area (TPSA) is 40.5 Å². The van der Waals surface area contributed by atoms with Gasteiger partial charge in [0.2, 0.25) is 0 Å². The van der Waals surface area contributed by atoms with Crippen molar-refractivity contribution in [3.63, 3.8) is 0 Å². The van der Waals surface area contributed by atoms with Gasteiger partial charge in [0.1, 0.15) is 0 Å². The lowest BCUT2D eigenvalue weighted by Gasteiger charge is -2.17. The highest BCUT2D eigenvalue weighted by atomic mass is 32.1. The Morgan fingerprint density at radius 1 is 1.44 bits per heavy atom. The number of anilines is 1. The van der Waals surface area contributed by atoms with E-state index in [1.807, 2.05) is 36.2 Å². The molecule has 0 aliphatic rings. The maximum atomic E-state index is 11.0. The van der Waals surface area contributed by atoms with Crippen LogP contribution < -0.4 is 4.90 Å². The summed E-state index contributed by atoms with van der Waals surface area (Å²) in [4.78, 5) is 13.7. The van der Waals surface area contributed by atoms with Gasteiger partial charge >= 0.3 is 0 Å². The van der Waals surface area contributed by atoms with Gasteiger partial charge in [-0.2, -0.15) is 0 Å². The number of carbonyl (C=O) groups is 1. The van der Waals surface area contributed by atoms with Crippen molar-refractivity contribution >= 4 is 33.4 Å². The van der Waals surface area contributed by atoms with E-state index in [0.29, 0.717) is 6.54 Å². The molecule has 0 bridgehead atoms. The van der Waals surface area contributed by atoms with Gasteiger partial charge in [0.25, 0.3) is 0 Å². The molecule has 0 atom stereocenters. The predicted octanol–water partition coefficient (Wildman–Crippen LogP) is 2.14. The highest BCUT2D eigenvalue weighted by Crippen LogP contribution is 2.36. The summed E-state index contributed by atoms with van der Waals surface area (Å²) < 4.78 is 1.10. The minimum atomic E-state index is 0.0823. The third-order valence-corrected chi connectivity index (χ3v) is 3.61. The SMILES string of the molecule is CN(CCO)c1c(C=O)sc2ccccc12. The van der Waals surface area contributed by atoms with Gasteiger partial charge in [-0.15, -0.1) is 11.3 Å². The molecule has 0 saturated carbocycles. The predicted molar refractivity (Wildman–Crippen MR) is 67.6 cm³/mol. The number of nitrogens with zero attached hydrogens (tertiary/aromatic N) is 1. The monoisotopic (exact) mass is 235 g/mol. The molecule has 0 radical (unpaired) electrons. The van der Waals surface area contributed by atoms with E-state index >= 15 is 0 Å². The molecule has 0 fully saturated rings. The number of likely N-dealkylation sites (N-methyl/N-ethyl adjacent to an activating group) is 1. The number of benzene rings is 1. The van der Waals surface area contributed by atoms with Gasteiger partial charge in [-0.1, -0.05) is 18.2 Å². The van der Waals surface area contributed by atoms with Gasteiger partial charge < -0.3 is 10.0 Å². The molecular weight excluding hydrogens is 222 g/mol. The van der Waals surface area contributed by atoms with Gasteiger partial charge in [-0.05, 0) is 6.07 Å². The average Bonchev–Trinajstić information content (AvgIpc) is 2.67. The van der Waals surface area contributed by atoms with E-state index in [4.69, 9.17) is 5.11 Å². The van der Waals surface area contributed by atoms with Crippen LogP contribution in [0.15, 0.2) is 24.3 Å². The zero-order chi connectivity index (χ0) is 11.5. The van der Waals surface area contributed by atoms with Crippen LogP contribution in [0.2, 0.25) is 0 Å². The summed E-state index contributed by atoms with van der Waals surface area (Å²) in [6, 6.07) is 7.93. The van der Waals surface area contributed by atoms with Crippen LogP contribution in [-0.2, 0) is 0 Å². The van der Waals surface area contributed by atoms with Gasteiger partial charge in [-0.25, -0.2) is 0 Å². The molecule has 0 amide bonds. The summed E-state index contributed by atoms with van der Waals surface area (Å²) in [7, 11) is 1.89. The number of aliphatic hydroxyl groups is 1. The molecule has 1 heterocycles. The second-order valence-electron chi connectivity index (χ2n) is 3.57. The maximum absolute atomic E-state index is 11.0. The standard InChI is InChI=1S/C12H13NO2S/c1-13(6-7-14)12-9-4-2-3-5-10(9)16-11(12)8-15/h2-5,8,14H,6-7H2,1H3. The Morgan fingerprint density at radius 3 is 2.88 bits per heavy atom. The fourth-order valence-corrected chi connectivity index (χ4v) is 2.85. The number of rotatable bonds is 4. The maximum Gasteiger partial charge on any atom is 0.162 e. The molecule has 0 aliphatic heterocycles. The van der Waals surface area contributed by atoms with Crippen LogP contribution in [0.3, 0.4) is 0 Å². The molecule has 84 valence electrons. The van der Waals surface area contributed by atoms with Gasteiger partial charge in [0.05, 0.1) is 17.2 Å². The number of aldehydes is 1. The first-order valence-corrected chi connectivity index (χ1v) is 5.88. The Balaban J connectivity index is 2.59. The van der Waals surface area contributed by atoms with Crippen LogP contribution in [0.4, 0.5) is 5.69 Å². The van der Waals surface area contributed by atoms with E-state index in [9.17, 15) is 4.79 Å². The third kappa shape index (κ3) is 1.81. The van der Waals surface area contributed by atoms with Crippen LogP contribution in [0.25, 0.3) is 10.1 Å². The lowest BCUT2D eigenvalue weighted by Crippen LogP contribution is -2.21. The second-order valence-corrected chi connectivity index (χ2v) is 4.66. The first-order valence-electron chi connectivity index (χ1n) is 5.06. The van der Waals surface area contributed by atoms with Crippen molar-refractivity contribution in [1.82, 2.24) is 0 Å². The molecule has 0 unspecified atom stereocenters. The van der Waals surface area contributed by atoms with E-state index < -0.39 is 0 Å². The van der Waals surface area contributed by atoms with E-state index in [-0.39, 0.29) is 6.61 Å². The quantitative estimate of drug-likeness (QED) is 0.825. The van der Waals surface area contributed by atoms with Gasteiger partial charge in [-0.3, -0.25) is 4.79 Å². The fourth-order valence-electron chi connectivity index (χ4n) is 1.79. The molecule has 4 heteroatoms. The lowest BCUT2D eigenvalue weighted by molar-refractivity contribution is 0.112. The zero-order valence-electron chi connectivity index (χ0n) is 9.01. The van der Waals surface area contributed by atoms with Gasteiger partial charge in [0, 0.05) is 23.7 Å². The van der Waals surface area contributed by atoms with Crippen molar-refractivity contribution in [3.8, 4) is 0 Å². The summed E-state index contributed by atoms with van der Waals surface area (Å²) >= 11 is 1.49. The van der Waals surface area contributed by atoms with Crippen LogP contribution >= 0.6 is 11.3 Å². The largest absolute Gasteiger partial charge is 0.395 e. The molecule has 0 spiro atoms. The Bertz CT molecular complexity index is 507.